The van der Waals surface area contributed by atoms with Crippen LogP contribution in [-0.4, -0.2) is 60.3 Å². The lowest BCUT2D eigenvalue weighted by atomic mass is 10.1. The van der Waals surface area contributed by atoms with Gasteiger partial charge in [-0.3, -0.25) is 9.59 Å². The van der Waals surface area contributed by atoms with E-state index in [2.05, 4.69) is 67.1 Å². The summed E-state index contributed by atoms with van der Waals surface area (Å²) in [5, 5.41) is 1.19. The Kier molecular flexibility index (Phi) is 11.9. The number of aromatic amines is 1. The average molecular weight is 533 g/mol. The molecule has 0 aliphatic carbocycles. The summed E-state index contributed by atoms with van der Waals surface area (Å²) in [6.45, 7) is 8.26. The molecule has 1 aromatic heterocycles. The molecule has 0 saturated heterocycles. The lowest BCUT2D eigenvalue weighted by Gasteiger charge is -2.29. The Labute approximate surface area is 235 Å². The van der Waals surface area contributed by atoms with E-state index in [1.165, 1.54) is 30.2 Å². The largest absolute Gasteiger partial charge is 0.378 e. The van der Waals surface area contributed by atoms with E-state index >= 15 is 0 Å². The minimum Gasteiger partial charge on any atom is -0.378 e. The monoisotopic (exact) mass is 532 g/mol. The predicted molar refractivity (Wildman–Crippen MR) is 163 cm³/mol. The molecular weight excluding hydrogens is 484 g/mol. The van der Waals surface area contributed by atoms with Crippen molar-refractivity contribution in [2.45, 2.75) is 72.3 Å². The number of fused-ring (bicyclic) bond motifs is 1. The normalized spacial score (nSPS) is 11.2. The highest BCUT2D eigenvalue weighted by Crippen LogP contribution is 2.20. The van der Waals surface area contributed by atoms with Crippen molar-refractivity contribution in [1.82, 2.24) is 14.8 Å². The van der Waals surface area contributed by atoms with Crippen LogP contribution in [0.4, 0.5) is 5.69 Å². The van der Waals surface area contributed by atoms with Gasteiger partial charge in [-0.15, -0.1) is 0 Å². The quantitative estimate of drug-likeness (QED) is 0.210. The van der Waals surface area contributed by atoms with Crippen molar-refractivity contribution in [3.8, 4) is 0 Å². The number of para-hydroxylation sites is 1. The Bertz CT molecular complexity index is 1170. The van der Waals surface area contributed by atoms with Gasteiger partial charge in [0, 0.05) is 62.9 Å². The lowest BCUT2D eigenvalue weighted by molar-refractivity contribution is -0.141. The number of unbranched alkanes of at least 4 members (excludes halogenated alkanes) is 4. The summed E-state index contributed by atoms with van der Waals surface area (Å²) in [6, 6.07) is 16.6. The first-order valence-electron chi connectivity index (χ1n) is 14.6. The van der Waals surface area contributed by atoms with Gasteiger partial charge in [-0.25, -0.2) is 0 Å². The number of rotatable bonds is 16. The number of nitrogens with zero attached hydrogens (tertiary/aromatic N) is 3. The number of anilines is 1. The van der Waals surface area contributed by atoms with E-state index < -0.39 is 0 Å². The smallest absolute Gasteiger partial charge is 0.242 e. The predicted octanol–water partition coefficient (Wildman–Crippen LogP) is 6.65. The molecule has 2 aromatic carbocycles. The highest BCUT2D eigenvalue weighted by atomic mass is 16.2. The van der Waals surface area contributed by atoms with Crippen LogP contribution >= 0.6 is 0 Å². The van der Waals surface area contributed by atoms with E-state index in [-0.39, 0.29) is 18.4 Å². The van der Waals surface area contributed by atoms with Gasteiger partial charge in [-0.1, -0.05) is 76.8 Å². The standard InChI is InChI=1S/C33H48N4O2/c1-6-7-8-9-10-15-32(38)37(23-26(2)3)25-33(39)36(24-27-16-18-29(19-17-27)35(4)5)21-20-28-22-34-31-14-12-11-13-30(28)31/h11-14,16-19,22,26,34H,6-10,15,20-21,23-25H2,1-5H3. The Balaban J connectivity index is 1.73. The molecule has 0 radical (unpaired) electrons. The fourth-order valence-corrected chi connectivity index (χ4v) is 5.00. The summed E-state index contributed by atoms with van der Waals surface area (Å²) in [6.07, 6.45) is 8.85. The van der Waals surface area contributed by atoms with Gasteiger partial charge in [0.1, 0.15) is 0 Å². The molecule has 0 aliphatic heterocycles. The molecule has 0 saturated carbocycles. The SMILES string of the molecule is CCCCCCCC(=O)N(CC(=O)N(CCc1c[nH]c2ccccc12)Cc1ccc(N(C)C)cc1)CC(C)C. The number of nitrogens with one attached hydrogen (secondary N) is 1. The van der Waals surface area contributed by atoms with Crippen molar-refractivity contribution in [3.05, 3.63) is 65.9 Å². The molecule has 39 heavy (non-hydrogen) atoms. The Morgan fingerprint density at radius 3 is 2.28 bits per heavy atom. The van der Waals surface area contributed by atoms with Gasteiger partial charge in [-0.05, 0) is 48.1 Å². The van der Waals surface area contributed by atoms with Crippen LogP contribution in [0.2, 0.25) is 0 Å². The first-order chi connectivity index (χ1) is 18.8. The fourth-order valence-electron chi connectivity index (χ4n) is 5.00. The number of hydrogen-bond donors (Lipinski definition) is 1. The third-order valence-corrected chi connectivity index (χ3v) is 7.26. The fraction of sp³-hybridized carbons (Fsp3) is 0.515. The lowest BCUT2D eigenvalue weighted by Crippen LogP contribution is -2.44. The minimum atomic E-state index is 0.00603. The van der Waals surface area contributed by atoms with E-state index in [0.717, 1.165) is 36.0 Å². The van der Waals surface area contributed by atoms with Gasteiger partial charge in [0.2, 0.25) is 11.8 Å². The molecule has 0 unspecified atom stereocenters. The maximum absolute atomic E-state index is 13.8. The summed E-state index contributed by atoms with van der Waals surface area (Å²) >= 11 is 0. The van der Waals surface area contributed by atoms with Gasteiger partial charge >= 0.3 is 0 Å². The van der Waals surface area contributed by atoms with E-state index in [4.69, 9.17) is 0 Å². The van der Waals surface area contributed by atoms with Crippen molar-refractivity contribution in [1.29, 1.82) is 0 Å². The molecule has 0 atom stereocenters. The van der Waals surface area contributed by atoms with E-state index in [0.29, 0.717) is 32.0 Å². The van der Waals surface area contributed by atoms with Crippen LogP contribution in [-0.2, 0) is 22.6 Å². The summed E-state index contributed by atoms with van der Waals surface area (Å²) in [5.74, 6) is 0.409. The zero-order valence-corrected chi connectivity index (χ0v) is 24.7. The number of carbonyl (C=O) groups is 2. The molecule has 6 heteroatoms. The molecule has 0 aliphatic rings. The van der Waals surface area contributed by atoms with Gasteiger partial charge in [-0.2, -0.15) is 0 Å². The van der Waals surface area contributed by atoms with Crippen LogP contribution in [0.1, 0.15) is 70.4 Å². The zero-order chi connectivity index (χ0) is 28.2. The number of amides is 2. The molecule has 0 fully saturated rings. The van der Waals surface area contributed by atoms with E-state index in [1.807, 2.05) is 37.3 Å². The van der Waals surface area contributed by atoms with Crippen molar-refractivity contribution in [2.75, 3.05) is 38.6 Å². The average Bonchev–Trinajstić information content (AvgIpc) is 3.33. The molecule has 212 valence electrons. The molecule has 0 spiro atoms. The summed E-state index contributed by atoms with van der Waals surface area (Å²) in [4.78, 5) is 36.1. The van der Waals surface area contributed by atoms with Gasteiger partial charge in [0.05, 0.1) is 6.54 Å². The Morgan fingerprint density at radius 2 is 1.59 bits per heavy atom. The number of aromatic nitrogens is 1. The maximum Gasteiger partial charge on any atom is 0.242 e. The molecule has 2 amide bonds. The van der Waals surface area contributed by atoms with Crippen LogP contribution in [0.3, 0.4) is 0 Å². The number of H-pyrrole nitrogens is 1. The van der Waals surface area contributed by atoms with Gasteiger partial charge in [0.15, 0.2) is 0 Å². The van der Waals surface area contributed by atoms with Crippen molar-refractivity contribution < 1.29 is 9.59 Å². The number of carbonyl (C=O) groups excluding carboxylic acids is 2. The van der Waals surface area contributed by atoms with Crippen molar-refractivity contribution >= 4 is 28.4 Å². The van der Waals surface area contributed by atoms with Crippen molar-refractivity contribution in [3.63, 3.8) is 0 Å². The molecule has 0 bridgehead atoms. The Hall–Kier alpha value is -3.28. The Morgan fingerprint density at radius 1 is 0.872 bits per heavy atom. The van der Waals surface area contributed by atoms with Crippen LogP contribution in [0, 0.1) is 5.92 Å². The topological polar surface area (TPSA) is 59.7 Å². The van der Waals surface area contributed by atoms with Crippen LogP contribution in [0.5, 0.6) is 0 Å². The zero-order valence-electron chi connectivity index (χ0n) is 24.7. The molecular formula is C33H48N4O2. The van der Waals surface area contributed by atoms with Crippen LogP contribution in [0.25, 0.3) is 10.9 Å². The van der Waals surface area contributed by atoms with Gasteiger partial charge in [0.25, 0.3) is 0 Å². The molecule has 3 aromatic rings. The number of hydrogen-bond acceptors (Lipinski definition) is 3. The first-order valence-corrected chi connectivity index (χ1v) is 14.6. The first kappa shape index (κ1) is 30.3. The molecule has 1 N–H and O–H groups in total. The van der Waals surface area contributed by atoms with E-state index in [9.17, 15) is 9.59 Å². The molecule has 3 rings (SSSR count). The summed E-state index contributed by atoms with van der Waals surface area (Å²) in [5.41, 5.74) is 4.53. The molecule has 1 heterocycles. The second kappa shape index (κ2) is 15.3. The second-order valence-electron chi connectivity index (χ2n) is 11.3. The van der Waals surface area contributed by atoms with E-state index in [1.54, 1.807) is 4.90 Å². The van der Waals surface area contributed by atoms with Gasteiger partial charge < -0.3 is 19.7 Å². The van der Waals surface area contributed by atoms with Crippen LogP contribution in [0.15, 0.2) is 54.7 Å². The number of benzene rings is 2. The second-order valence-corrected chi connectivity index (χ2v) is 11.3. The summed E-state index contributed by atoms with van der Waals surface area (Å²) < 4.78 is 0. The minimum absolute atomic E-state index is 0.00603. The third-order valence-electron chi connectivity index (χ3n) is 7.26. The highest BCUT2D eigenvalue weighted by Gasteiger charge is 2.22. The maximum atomic E-state index is 13.8. The summed E-state index contributed by atoms with van der Waals surface area (Å²) in [7, 11) is 4.05. The third kappa shape index (κ3) is 9.45. The van der Waals surface area contributed by atoms with Crippen molar-refractivity contribution in [2.24, 2.45) is 5.92 Å². The highest BCUT2D eigenvalue weighted by molar-refractivity contribution is 5.85. The molecule has 6 nitrogen and oxygen atoms in total. The van der Waals surface area contributed by atoms with Crippen LogP contribution < -0.4 is 4.90 Å².